The Hall–Kier alpha value is -1.16. The predicted octanol–water partition coefficient (Wildman–Crippen LogP) is 3.08. The van der Waals surface area contributed by atoms with Crippen LogP contribution in [0.1, 0.15) is 31.2 Å². The molecule has 0 N–H and O–H groups in total. The molecule has 4 nitrogen and oxygen atoms in total. The molecule has 1 aromatic rings. The lowest BCUT2D eigenvalue weighted by atomic mass is 10.2. The summed E-state index contributed by atoms with van der Waals surface area (Å²) in [5.74, 6) is -0.686. The highest BCUT2D eigenvalue weighted by atomic mass is 35.5. The van der Waals surface area contributed by atoms with E-state index in [0.29, 0.717) is 12.8 Å². The van der Waals surface area contributed by atoms with Gasteiger partial charge in [-0.2, -0.15) is 9.57 Å². The lowest BCUT2D eigenvalue weighted by molar-refractivity contribution is 0.388. The minimum atomic E-state index is -3.61. The Morgan fingerprint density at radius 1 is 1.41 bits per heavy atom. The van der Waals surface area contributed by atoms with Gasteiger partial charge in [-0.15, -0.1) is 0 Å². The molecule has 0 bridgehead atoms. The van der Waals surface area contributed by atoms with Crippen LogP contribution in [0.15, 0.2) is 18.2 Å². The maximum absolute atomic E-state index is 13.9. The quantitative estimate of drug-likeness (QED) is 0.798. The first-order valence-corrected chi connectivity index (χ1v) is 9.19. The molecule has 2 saturated carbocycles. The molecule has 0 saturated heterocycles. The summed E-state index contributed by atoms with van der Waals surface area (Å²) >= 11 is 6.01. The number of benzene rings is 1. The number of hydrogen-bond donors (Lipinski definition) is 0. The molecule has 0 unspecified atom stereocenters. The van der Waals surface area contributed by atoms with Crippen LogP contribution in [0.2, 0.25) is 5.02 Å². The topological polar surface area (TPSA) is 61.2 Å². The third kappa shape index (κ3) is 3.12. The van der Waals surface area contributed by atoms with E-state index in [1.807, 2.05) is 0 Å². The van der Waals surface area contributed by atoms with Gasteiger partial charge in [-0.3, -0.25) is 0 Å². The Morgan fingerprint density at radius 3 is 2.59 bits per heavy atom. The van der Waals surface area contributed by atoms with Crippen molar-refractivity contribution in [3.05, 3.63) is 34.6 Å². The molecule has 7 heteroatoms. The number of nitriles is 1. The van der Waals surface area contributed by atoms with Crippen molar-refractivity contribution in [1.29, 1.82) is 5.26 Å². The fraction of sp³-hybridized carbons (Fsp3) is 0.533. The van der Waals surface area contributed by atoms with Gasteiger partial charge < -0.3 is 0 Å². The average Bonchev–Trinajstić information content (AvgIpc) is 3.33. The molecule has 0 radical (unpaired) electrons. The van der Waals surface area contributed by atoms with Crippen LogP contribution in [-0.4, -0.2) is 24.5 Å². The van der Waals surface area contributed by atoms with Crippen LogP contribution < -0.4 is 0 Å². The maximum atomic E-state index is 13.9. The van der Waals surface area contributed by atoms with Crippen molar-refractivity contribution < 1.29 is 12.8 Å². The number of rotatable bonds is 6. The largest absolute Gasteiger partial charge is 0.216 e. The van der Waals surface area contributed by atoms with E-state index in [4.69, 9.17) is 16.9 Å². The molecular formula is C15H16ClFN2O2S. The summed E-state index contributed by atoms with van der Waals surface area (Å²) in [6, 6.07) is 6.32. The maximum Gasteiger partial charge on any atom is 0.216 e. The average molecular weight is 343 g/mol. The second-order valence-electron chi connectivity index (χ2n) is 6.12. The Morgan fingerprint density at radius 2 is 2.09 bits per heavy atom. The molecule has 0 aromatic heterocycles. The second kappa shape index (κ2) is 5.48. The van der Waals surface area contributed by atoms with Crippen LogP contribution in [-0.2, 0) is 16.6 Å². The number of hydrogen-bond acceptors (Lipinski definition) is 3. The summed E-state index contributed by atoms with van der Waals surface area (Å²) in [5, 5.41) is 9.34. The molecule has 2 aliphatic rings. The van der Waals surface area contributed by atoms with Gasteiger partial charge >= 0.3 is 0 Å². The zero-order valence-electron chi connectivity index (χ0n) is 11.9. The van der Waals surface area contributed by atoms with E-state index in [-0.39, 0.29) is 28.9 Å². The first-order valence-electron chi connectivity index (χ1n) is 7.21. The van der Waals surface area contributed by atoms with E-state index in [1.165, 1.54) is 16.4 Å². The van der Waals surface area contributed by atoms with Gasteiger partial charge in [-0.1, -0.05) is 17.7 Å². The van der Waals surface area contributed by atoms with Crippen molar-refractivity contribution in [2.75, 3.05) is 5.75 Å². The van der Waals surface area contributed by atoms with Crippen LogP contribution in [0.3, 0.4) is 0 Å². The van der Waals surface area contributed by atoms with Gasteiger partial charge in [0.15, 0.2) is 0 Å². The van der Waals surface area contributed by atoms with Crippen LogP contribution in [0.5, 0.6) is 0 Å². The van der Waals surface area contributed by atoms with Crippen molar-refractivity contribution in [3.8, 4) is 6.07 Å². The molecule has 0 amide bonds. The predicted molar refractivity (Wildman–Crippen MR) is 81.0 cm³/mol. The van der Waals surface area contributed by atoms with Gasteiger partial charge in [0.05, 0.1) is 17.2 Å². The number of nitrogens with zero attached hydrogens (tertiary/aromatic N) is 2. The van der Waals surface area contributed by atoms with Crippen molar-refractivity contribution >= 4 is 21.6 Å². The monoisotopic (exact) mass is 342 g/mol. The SMILES string of the molecule is N#CC1(CS(=O)(=O)N(Cc2c(F)cccc2Cl)C2CC2)CC1. The minimum absolute atomic E-state index is 0.0694. The fourth-order valence-corrected chi connectivity index (χ4v) is 4.96. The molecular weight excluding hydrogens is 327 g/mol. The lowest BCUT2D eigenvalue weighted by Crippen LogP contribution is -2.37. The van der Waals surface area contributed by atoms with Crippen molar-refractivity contribution in [2.24, 2.45) is 5.41 Å². The summed E-state index contributed by atoms with van der Waals surface area (Å²) in [5.41, 5.74) is -0.549. The Bertz CT molecular complexity index is 716. The Kier molecular flexibility index (Phi) is 3.92. The van der Waals surface area contributed by atoms with Crippen LogP contribution in [0.4, 0.5) is 4.39 Å². The van der Waals surface area contributed by atoms with Gasteiger partial charge in [0.1, 0.15) is 5.82 Å². The molecule has 1 aromatic carbocycles. The van der Waals surface area contributed by atoms with E-state index in [0.717, 1.165) is 12.8 Å². The third-order valence-corrected chi connectivity index (χ3v) is 6.65. The summed E-state index contributed by atoms with van der Waals surface area (Å²) in [6.45, 7) is -0.0694. The van der Waals surface area contributed by atoms with Crippen LogP contribution in [0, 0.1) is 22.6 Å². The van der Waals surface area contributed by atoms with E-state index in [9.17, 15) is 12.8 Å². The van der Waals surface area contributed by atoms with Gasteiger partial charge in [0.25, 0.3) is 0 Å². The number of sulfonamides is 1. The summed E-state index contributed by atoms with van der Waals surface area (Å²) < 4.78 is 40.6. The van der Waals surface area contributed by atoms with E-state index in [2.05, 4.69) is 6.07 Å². The highest BCUT2D eigenvalue weighted by Crippen LogP contribution is 2.47. The first kappa shape index (κ1) is 15.7. The zero-order chi connectivity index (χ0) is 16.0. The van der Waals surface area contributed by atoms with Gasteiger partial charge in [0, 0.05) is 23.2 Å². The second-order valence-corrected chi connectivity index (χ2v) is 8.45. The zero-order valence-corrected chi connectivity index (χ0v) is 13.5. The lowest BCUT2D eigenvalue weighted by Gasteiger charge is -2.23. The molecule has 0 aliphatic heterocycles. The van der Waals surface area contributed by atoms with Crippen molar-refractivity contribution in [1.82, 2.24) is 4.31 Å². The molecule has 0 heterocycles. The third-order valence-electron chi connectivity index (χ3n) is 4.24. The Labute approximate surface area is 134 Å². The molecule has 118 valence electrons. The van der Waals surface area contributed by atoms with Gasteiger partial charge in [0.2, 0.25) is 10.0 Å². The van der Waals surface area contributed by atoms with Crippen molar-refractivity contribution in [2.45, 2.75) is 38.3 Å². The molecule has 0 atom stereocenters. The molecule has 3 rings (SSSR count). The highest BCUT2D eigenvalue weighted by Gasteiger charge is 2.50. The standard InChI is InChI=1S/C15H16ClFN2O2S/c16-13-2-1-3-14(17)12(13)8-19(11-4-5-11)22(20,21)10-15(9-18)6-7-15/h1-3,11H,4-8,10H2. The van der Waals surface area contributed by atoms with Crippen molar-refractivity contribution in [3.63, 3.8) is 0 Å². The van der Waals surface area contributed by atoms with E-state index < -0.39 is 21.3 Å². The summed E-state index contributed by atoms with van der Waals surface area (Å²) in [4.78, 5) is 0. The summed E-state index contributed by atoms with van der Waals surface area (Å²) in [7, 11) is -3.61. The first-order chi connectivity index (χ1) is 10.4. The van der Waals surface area contributed by atoms with Crippen LogP contribution >= 0.6 is 11.6 Å². The molecule has 2 fully saturated rings. The highest BCUT2D eigenvalue weighted by molar-refractivity contribution is 7.89. The minimum Gasteiger partial charge on any atom is -0.212 e. The molecule has 22 heavy (non-hydrogen) atoms. The smallest absolute Gasteiger partial charge is 0.212 e. The Balaban J connectivity index is 1.86. The fourth-order valence-electron chi connectivity index (χ4n) is 2.53. The van der Waals surface area contributed by atoms with E-state index in [1.54, 1.807) is 6.07 Å². The molecule has 2 aliphatic carbocycles. The normalized spacial score (nSPS) is 19.9. The van der Waals surface area contributed by atoms with E-state index >= 15 is 0 Å². The van der Waals surface area contributed by atoms with Gasteiger partial charge in [-0.25, -0.2) is 12.8 Å². The van der Waals surface area contributed by atoms with Gasteiger partial charge in [-0.05, 0) is 37.8 Å². The molecule has 0 spiro atoms. The summed E-state index contributed by atoms with van der Waals surface area (Å²) in [6.07, 6.45) is 2.76. The van der Waals surface area contributed by atoms with Crippen LogP contribution in [0.25, 0.3) is 0 Å². The number of halogens is 2.